The van der Waals surface area contributed by atoms with Crippen LogP contribution in [0.15, 0.2) is 60.8 Å². The van der Waals surface area contributed by atoms with Crippen molar-refractivity contribution in [2.24, 2.45) is 17.2 Å². The third kappa shape index (κ3) is 8.31. The largest absolute Gasteiger partial charge is 0.467 e. The van der Waals surface area contributed by atoms with Gasteiger partial charge in [0.2, 0.25) is 0 Å². The SMILES string of the molecule is CCC(C)c1ncccc1-c1c(CC(C)(C)COC=O)c2cc(-c3cccc(CC(C)C(=O)CCCCNN)c3)ccc2n1CC. The van der Waals surface area contributed by atoms with Gasteiger partial charge in [0.15, 0.2) is 0 Å². The molecule has 2 unspecified atom stereocenters. The molecule has 0 aliphatic heterocycles. The van der Waals surface area contributed by atoms with Gasteiger partial charge >= 0.3 is 0 Å². The molecule has 0 bridgehead atoms. The molecule has 0 aliphatic rings. The number of aromatic nitrogens is 2. The number of nitrogens with one attached hydrogen (secondary N) is 1. The van der Waals surface area contributed by atoms with Crippen molar-refractivity contribution in [3.63, 3.8) is 0 Å². The molecule has 7 heteroatoms. The number of unbranched alkanes of at least 4 members (excludes halogenated alkanes) is 1. The van der Waals surface area contributed by atoms with Gasteiger partial charge in [0.05, 0.1) is 18.0 Å². The number of benzene rings is 2. The van der Waals surface area contributed by atoms with E-state index in [1.807, 2.05) is 19.2 Å². The van der Waals surface area contributed by atoms with Crippen LogP contribution in [-0.2, 0) is 33.7 Å². The van der Waals surface area contributed by atoms with Gasteiger partial charge in [0, 0.05) is 53.5 Å². The molecule has 0 saturated carbocycles. The maximum Gasteiger partial charge on any atom is 0.293 e. The van der Waals surface area contributed by atoms with E-state index in [0.717, 1.165) is 67.6 Å². The van der Waals surface area contributed by atoms with Gasteiger partial charge in [-0.05, 0) is 91.5 Å². The van der Waals surface area contributed by atoms with Gasteiger partial charge in [-0.1, -0.05) is 65.0 Å². The Balaban J connectivity index is 1.79. The molecule has 0 fully saturated rings. The van der Waals surface area contributed by atoms with Gasteiger partial charge < -0.3 is 9.30 Å². The zero-order valence-corrected chi connectivity index (χ0v) is 28.6. The fourth-order valence-electron chi connectivity index (χ4n) is 6.53. The maximum absolute atomic E-state index is 12.8. The minimum atomic E-state index is -0.277. The number of carbonyl (C=O) groups is 2. The van der Waals surface area contributed by atoms with Crippen molar-refractivity contribution in [1.82, 2.24) is 15.0 Å². The third-order valence-corrected chi connectivity index (χ3v) is 9.20. The summed E-state index contributed by atoms with van der Waals surface area (Å²) in [6.45, 7) is 15.4. The smallest absolute Gasteiger partial charge is 0.293 e. The number of hydrogen-bond donors (Lipinski definition) is 2. The van der Waals surface area contributed by atoms with Crippen molar-refractivity contribution in [3.05, 3.63) is 77.6 Å². The number of aryl methyl sites for hydroxylation is 1. The van der Waals surface area contributed by atoms with E-state index in [1.165, 1.54) is 27.7 Å². The molecule has 0 aliphatic carbocycles. The number of rotatable bonds is 18. The number of hydrazine groups is 1. The first-order valence-electron chi connectivity index (χ1n) is 16.8. The number of carbonyl (C=O) groups excluding carboxylic acids is 2. The van der Waals surface area contributed by atoms with Gasteiger partial charge in [0.1, 0.15) is 5.78 Å². The highest BCUT2D eigenvalue weighted by atomic mass is 16.5. The standard InChI is InChI=1S/C39H52N4O3/c1-7-27(3)37-32(15-12-19-41-37)38-34(24-39(5,6)25-46-26-44)33-23-31(17-18-35(33)43(38)8-2)30-14-11-13-29(22-30)21-28(4)36(45)16-9-10-20-42-40/h11-15,17-19,22-23,26-28,42H,7-10,16,20-21,24-25,40H2,1-6H3. The second-order valence-electron chi connectivity index (χ2n) is 13.5. The molecule has 4 rings (SSSR count). The average molecular weight is 625 g/mol. The van der Waals surface area contributed by atoms with Crippen molar-refractivity contribution < 1.29 is 14.3 Å². The van der Waals surface area contributed by atoms with Crippen molar-refractivity contribution in [3.8, 4) is 22.4 Å². The van der Waals surface area contributed by atoms with Crippen LogP contribution >= 0.6 is 0 Å². The summed E-state index contributed by atoms with van der Waals surface area (Å²) in [6, 6.07) is 19.6. The summed E-state index contributed by atoms with van der Waals surface area (Å²) in [5.74, 6) is 5.94. The molecular weight excluding hydrogens is 572 g/mol. The average Bonchev–Trinajstić information content (AvgIpc) is 3.36. The van der Waals surface area contributed by atoms with Crippen LogP contribution in [0.1, 0.15) is 90.0 Å². The summed E-state index contributed by atoms with van der Waals surface area (Å²) in [5, 5.41) is 1.20. The molecule has 246 valence electrons. The quantitative estimate of drug-likeness (QED) is 0.0503. The lowest BCUT2D eigenvalue weighted by atomic mass is 9.83. The summed E-state index contributed by atoms with van der Waals surface area (Å²) < 4.78 is 7.71. The number of fused-ring (bicyclic) bond motifs is 1. The summed E-state index contributed by atoms with van der Waals surface area (Å²) >= 11 is 0. The van der Waals surface area contributed by atoms with Crippen LogP contribution in [0, 0.1) is 11.3 Å². The molecule has 2 atom stereocenters. The minimum Gasteiger partial charge on any atom is -0.467 e. The summed E-state index contributed by atoms with van der Waals surface area (Å²) in [5.41, 5.74) is 11.7. The van der Waals surface area contributed by atoms with Crippen LogP contribution in [0.3, 0.4) is 0 Å². The maximum atomic E-state index is 12.8. The van der Waals surface area contributed by atoms with E-state index in [2.05, 4.69) is 93.1 Å². The van der Waals surface area contributed by atoms with E-state index in [4.69, 9.17) is 15.6 Å². The van der Waals surface area contributed by atoms with E-state index >= 15 is 0 Å². The normalized spacial score (nSPS) is 13.1. The lowest BCUT2D eigenvalue weighted by Crippen LogP contribution is -2.23. The number of ether oxygens (including phenoxy) is 1. The topological polar surface area (TPSA) is 99.2 Å². The Hall–Kier alpha value is -3.81. The van der Waals surface area contributed by atoms with Crippen LogP contribution in [0.25, 0.3) is 33.3 Å². The Bertz CT molecular complexity index is 1620. The summed E-state index contributed by atoms with van der Waals surface area (Å²) in [6.07, 6.45) is 6.69. The van der Waals surface area contributed by atoms with E-state index in [1.54, 1.807) is 0 Å². The lowest BCUT2D eigenvalue weighted by molar-refractivity contribution is -0.131. The minimum absolute atomic E-state index is 0.0358. The van der Waals surface area contributed by atoms with Gasteiger partial charge in [-0.15, -0.1) is 0 Å². The van der Waals surface area contributed by atoms with E-state index in [9.17, 15) is 9.59 Å². The fourth-order valence-corrected chi connectivity index (χ4v) is 6.53. The molecule has 46 heavy (non-hydrogen) atoms. The lowest BCUT2D eigenvalue weighted by Gasteiger charge is -2.25. The van der Waals surface area contributed by atoms with E-state index in [0.29, 0.717) is 31.2 Å². The highest BCUT2D eigenvalue weighted by molar-refractivity contribution is 5.95. The predicted octanol–water partition coefficient (Wildman–Crippen LogP) is 8.03. The Labute approximate surface area is 274 Å². The third-order valence-electron chi connectivity index (χ3n) is 9.20. The molecule has 2 aromatic carbocycles. The van der Waals surface area contributed by atoms with E-state index in [-0.39, 0.29) is 11.3 Å². The Morgan fingerprint density at radius 1 is 1.07 bits per heavy atom. The van der Waals surface area contributed by atoms with Crippen LogP contribution in [-0.4, -0.2) is 35.0 Å². The number of ketones is 1. The van der Waals surface area contributed by atoms with Gasteiger partial charge in [-0.3, -0.25) is 25.8 Å². The number of hydrogen-bond acceptors (Lipinski definition) is 6. The van der Waals surface area contributed by atoms with Crippen LogP contribution in [0.5, 0.6) is 0 Å². The monoisotopic (exact) mass is 624 g/mol. The molecule has 0 radical (unpaired) electrons. The van der Waals surface area contributed by atoms with Gasteiger partial charge in [-0.2, -0.15) is 0 Å². The second kappa shape index (κ2) is 16.1. The molecule has 0 spiro atoms. The number of Topliss-reactive ketones (excluding diaryl/α,β-unsaturated/α-hetero) is 1. The fraction of sp³-hybridized carbons (Fsp3) is 0.462. The van der Waals surface area contributed by atoms with Crippen molar-refractivity contribution >= 4 is 23.2 Å². The number of pyridine rings is 1. The van der Waals surface area contributed by atoms with Gasteiger partial charge in [-0.25, -0.2) is 0 Å². The first kappa shape index (κ1) is 35.1. The van der Waals surface area contributed by atoms with Crippen LogP contribution in [0.2, 0.25) is 0 Å². The highest BCUT2D eigenvalue weighted by Gasteiger charge is 2.28. The Morgan fingerprint density at radius 3 is 2.57 bits per heavy atom. The molecule has 7 nitrogen and oxygen atoms in total. The zero-order valence-electron chi connectivity index (χ0n) is 28.6. The van der Waals surface area contributed by atoms with Crippen LogP contribution < -0.4 is 11.3 Å². The second-order valence-corrected chi connectivity index (χ2v) is 13.5. The first-order valence-corrected chi connectivity index (χ1v) is 16.8. The number of nitrogens with zero attached hydrogens (tertiary/aromatic N) is 2. The Morgan fingerprint density at radius 2 is 1.85 bits per heavy atom. The van der Waals surface area contributed by atoms with Crippen LogP contribution in [0.4, 0.5) is 0 Å². The molecule has 4 aromatic rings. The summed E-state index contributed by atoms with van der Waals surface area (Å²) in [7, 11) is 0. The molecule has 0 amide bonds. The molecular formula is C39H52N4O3. The summed E-state index contributed by atoms with van der Waals surface area (Å²) in [4.78, 5) is 28.8. The molecule has 3 N–H and O–H groups in total. The first-order chi connectivity index (χ1) is 22.1. The Kier molecular flexibility index (Phi) is 12.3. The zero-order chi connectivity index (χ0) is 33.3. The highest BCUT2D eigenvalue weighted by Crippen LogP contribution is 2.42. The molecule has 2 aromatic heterocycles. The van der Waals surface area contributed by atoms with E-state index < -0.39 is 0 Å². The predicted molar refractivity (Wildman–Crippen MR) is 188 cm³/mol. The molecule has 0 saturated heterocycles. The van der Waals surface area contributed by atoms with Crippen molar-refractivity contribution in [1.29, 1.82) is 0 Å². The number of nitrogens with two attached hydrogens (primary N) is 1. The van der Waals surface area contributed by atoms with Crippen molar-refractivity contribution in [2.45, 2.75) is 92.5 Å². The molecule has 2 heterocycles. The van der Waals surface area contributed by atoms with Gasteiger partial charge in [0.25, 0.3) is 6.47 Å². The van der Waals surface area contributed by atoms with Crippen molar-refractivity contribution in [2.75, 3.05) is 13.2 Å².